The SMILES string of the molecule is CCCNC(=O)C1CCCN(c2nc3ncn(CC(=O)NCc4ccc(F)cc4)c(=O)c3s2)C1. The van der Waals surface area contributed by atoms with Crippen LogP contribution in [0.1, 0.15) is 31.7 Å². The van der Waals surface area contributed by atoms with Crippen LogP contribution in [0.25, 0.3) is 10.3 Å². The Morgan fingerprint density at radius 3 is 2.79 bits per heavy atom. The molecule has 11 heteroatoms. The van der Waals surface area contributed by atoms with Crippen LogP contribution in [0, 0.1) is 11.7 Å². The lowest BCUT2D eigenvalue weighted by Crippen LogP contribution is -2.43. The summed E-state index contributed by atoms with van der Waals surface area (Å²) in [6.45, 7) is 4.05. The van der Waals surface area contributed by atoms with Crippen LogP contribution in [0.2, 0.25) is 0 Å². The lowest BCUT2D eigenvalue weighted by Gasteiger charge is -2.31. The van der Waals surface area contributed by atoms with Crippen molar-refractivity contribution in [3.63, 3.8) is 0 Å². The number of halogens is 1. The molecule has 2 amide bonds. The number of hydrogen-bond donors (Lipinski definition) is 2. The molecule has 2 N–H and O–H groups in total. The van der Waals surface area contributed by atoms with E-state index in [2.05, 4.69) is 20.6 Å². The number of carbonyl (C=O) groups is 2. The molecule has 1 saturated heterocycles. The highest BCUT2D eigenvalue weighted by Gasteiger charge is 2.27. The third-order valence-corrected chi connectivity index (χ3v) is 6.79. The Morgan fingerprint density at radius 2 is 2.03 bits per heavy atom. The quantitative estimate of drug-likeness (QED) is 0.505. The molecule has 1 aromatic carbocycles. The normalized spacial score (nSPS) is 15.9. The molecule has 0 aliphatic carbocycles. The van der Waals surface area contributed by atoms with Crippen molar-refractivity contribution in [3.05, 3.63) is 52.3 Å². The third-order valence-electron chi connectivity index (χ3n) is 5.70. The van der Waals surface area contributed by atoms with Crippen LogP contribution in [-0.4, -0.2) is 46.0 Å². The van der Waals surface area contributed by atoms with Crippen LogP contribution in [0.5, 0.6) is 0 Å². The Labute approximate surface area is 200 Å². The van der Waals surface area contributed by atoms with Gasteiger partial charge in [0.2, 0.25) is 11.8 Å². The van der Waals surface area contributed by atoms with Crippen molar-refractivity contribution in [1.29, 1.82) is 0 Å². The second kappa shape index (κ2) is 10.7. The number of carbonyl (C=O) groups excluding carboxylic acids is 2. The third kappa shape index (κ3) is 5.58. The van der Waals surface area contributed by atoms with E-state index in [1.165, 1.54) is 34.4 Å². The van der Waals surface area contributed by atoms with Gasteiger partial charge in [-0.1, -0.05) is 30.4 Å². The molecule has 180 valence electrons. The van der Waals surface area contributed by atoms with Crippen molar-refractivity contribution in [2.75, 3.05) is 24.5 Å². The summed E-state index contributed by atoms with van der Waals surface area (Å²) in [5, 5.41) is 6.34. The largest absolute Gasteiger partial charge is 0.356 e. The molecule has 1 aliphatic heterocycles. The minimum Gasteiger partial charge on any atom is -0.356 e. The predicted octanol–water partition coefficient (Wildman–Crippen LogP) is 2.05. The van der Waals surface area contributed by atoms with Gasteiger partial charge in [-0.3, -0.25) is 19.0 Å². The summed E-state index contributed by atoms with van der Waals surface area (Å²) in [4.78, 5) is 48.5. The van der Waals surface area contributed by atoms with Crippen LogP contribution >= 0.6 is 11.3 Å². The van der Waals surface area contributed by atoms with Gasteiger partial charge in [0.25, 0.3) is 5.56 Å². The Kier molecular flexibility index (Phi) is 7.51. The molecule has 4 rings (SSSR count). The van der Waals surface area contributed by atoms with Gasteiger partial charge in [-0.05, 0) is 37.0 Å². The molecule has 3 aromatic rings. The molecule has 1 atom stereocenters. The van der Waals surface area contributed by atoms with E-state index in [0.29, 0.717) is 28.6 Å². The zero-order valence-corrected chi connectivity index (χ0v) is 19.7. The topological polar surface area (TPSA) is 109 Å². The summed E-state index contributed by atoms with van der Waals surface area (Å²) >= 11 is 1.23. The Balaban J connectivity index is 1.42. The average molecular weight is 487 g/mol. The fourth-order valence-corrected chi connectivity index (χ4v) is 4.86. The van der Waals surface area contributed by atoms with E-state index in [9.17, 15) is 18.8 Å². The molecule has 1 aliphatic rings. The predicted molar refractivity (Wildman–Crippen MR) is 128 cm³/mol. The van der Waals surface area contributed by atoms with Crippen LogP contribution in [0.4, 0.5) is 9.52 Å². The van der Waals surface area contributed by atoms with Gasteiger partial charge in [-0.15, -0.1) is 0 Å². The van der Waals surface area contributed by atoms with Crippen molar-refractivity contribution < 1.29 is 14.0 Å². The molecule has 0 bridgehead atoms. The average Bonchev–Trinajstić information content (AvgIpc) is 3.29. The summed E-state index contributed by atoms with van der Waals surface area (Å²) < 4.78 is 14.6. The van der Waals surface area contributed by atoms with Gasteiger partial charge in [-0.25, -0.2) is 9.37 Å². The maximum atomic E-state index is 13.0. The molecular formula is C23H27FN6O3S. The molecule has 1 unspecified atom stereocenters. The number of nitrogens with one attached hydrogen (secondary N) is 2. The van der Waals surface area contributed by atoms with Gasteiger partial charge < -0.3 is 15.5 Å². The van der Waals surface area contributed by atoms with E-state index in [1.807, 2.05) is 11.8 Å². The standard InChI is InChI=1S/C23H27FN6O3S/c1-2-9-25-21(32)16-4-3-10-29(12-16)23-28-20-19(34-23)22(33)30(14-27-20)13-18(31)26-11-15-5-7-17(24)8-6-15/h5-8,14,16H,2-4,9-13H2,1H3,(H,25,32)(H,26,31). The lowest BCUT2D eigenvalue weighted by atomic mass is 9.97. The number of rotatable bonds is 8. The maximum absolute atomic E-state index is 13.0. The summed E-state index contributed by atoms with van der Waals surface area (Å²) in [6.07, 6.45) is 3.91. The second-order valence-electron chi connectivity index (χ2n) is 8.31. The molecule has 9 nitrogen and oxygen atoms in total. The lowest BCUT2D eigenvalue weighted by molar-refractivity contribution is -0.125. The van der Waals surface area contributed by atoms with Crippen LogP contribution in [0.15, 0.2) is 35.4 Å². The molecule has 0 spiro atoms. The minimum atomic E-state index is -0.353. The van der Waals surface area contributed by atoms with Crippen molar-refractivity contribution in [2.45, 2.75) is 39.3 Å². The maximum Gasteiger partial charge on any atom is 0.273 e. The first-order valence-electron chi connectivity index (χ1n) is 11.3. The Bertz CT molecular complexity index is 1230. The number of fused-ring (bicyclic) bond motifs is 1. The fourth-order valence-electron chi connectivity index (χ4n) is 3.85. The first kappa shape index (κ1) is 23.8. The first-order chi connectivity index (χ1) is 16.4. The van der Waals surface area contributed by atoms with E-state index in [1.54, 1.807) is 12.1 Å². The van der Waals surface area contributed by atoms with Crippen LogP contribution in [-0.2, 0) is 22.7 Å². The van der Waals surface area contributed by atoms with Crippen LogP contribution in [0.3, 0.4) is 0 Å². The monoisotopic (exact) mass is 486 g/mol. The number of benzene rings is 1. The van der Waals surface area contributed by atoms with Crippen LogP contribution < -0.4 is 21.1 Å². The van der Waals surface area contributed by atoms with Gasteiger partial charge in [0.1, 0.15) is 23.4 Å². The number of aromatic nitrogens is 3. The van der Waals surface area contributed by atoms with Crippen molar-refractivity contribution in [3.8, 4) is 0 Å². The highest BCUT2D eigenvalue weighted by molar-refractivity contribution is 7.22. The van der Waals surface area contributed by atoms with Gasteiger partial charge in [-0.2, -0.15) is 4.98 Å². The van der Waals surface area contributed by atoms with E-state index < -0.39 is 0 Å². The molecular weight excluding hydrogens is 459 g/mol. The molecule has 0 radical (unpaired) electrons. The van der Waals surface area contributed by atoms with Gasteiger partial charge in [0, 0.05) is 26.2 Å². The zero-order valence-electron chi connectivity index (χ0n) is 18.9. The number of thiazole rings is 1. The second-order valence-corrected chi connectivity index (χ2v) is 9.28. The number of anilines is 1. The van der Waals surface area contributed by atoms with Crippen molar-refractivity contribution in [2.24, 2.45) is 5.92 Å². The molecule has 34 heavy (non-hydrogen) atoms. The summed E-state index contributed by atoms with van der Waals surface area (Å²) in [5.74, 6) is -0.749. The summed E-state index contributed by atoms with van der Waals surface area (Å²) in [7, 11) is 0. The molecule has 2 aromatic heterocycles. The van der Waals surface area contributed by atoms with Gasteiger partial charge in [0.05, 0.1) is 5.92 Å². The number of nitrogens with zero attached hydrogens (tertiary/aromatic N) is 4. The van der Waals surface area contributed by atoms with E-state index >= 15 is 0 Å². The molecule has 1 fully saturated rings. The number of piperidine rings is 1. The van der Waals surface area contributed by atoms with E-state index in [4.69, 9.17) is 0 Å². The first-order valence-corrected chi connectivity index (χ1v) is 12.2. The Hall–Kier alpha value is -3.34. The van der Waals surface area contributed by atoms with Gasteiger partial charge in [0.15, 0.2) is 10.8 Å². The zero-order chi connectivity index (χ0) is 24.1. The van der Waals surface area contributed by atoms with Crippen molar-refractivity contribution >= 4 is 38.6 Å². The minimum absolute atomic E-state index is 0.0554. The summed E-state index contributed by atoms with van der Waals surface area (Å²) in [6, 6.07) is 5.83. The summed E-state index contributed by atoms with van der Waals surface area (Å²) in [5.41, 5.74) is 0.761. The van der Waals surface area contributed by atoms with E-state index in [-0.39, 0.29) is 42.2 Å². The number of amides is 2. The smallest absolute Gasteiger partial charge is 0.273 e. The van der Waals surface area contributed by atoms with E-state index in [0.717, 1.165) is 31.4 Å². The number of hydrogen-bond acceptors (Lipinski definition) is 7. The molecule has 3 heterocycles. The Morgan fingerprint density at radius 1 is 1.24 bits per heavy atom. The highest BCUT2D eigenvalue weighted by Crippen LogP contribution is 2.29. The fraction of sp³-hybridized carbons (Fsp3) is 0.435. The highest BCUT2D eigenvalue weighted by atomic mass is 32.1. The van der Waals surface area contributed by atoms with Crippen molar-refractivity contribution in [1.82, 2.24) is 25.2 Å². The molecule has 0 saturated carbocycles. The van der Waals surface area contributed by atoms with Gasteiger partial charge >= 0.3 is 0 Å².